The van der Waals surface area contributed by atoms with E-state index in [-0.39, 0.29) is 19.0 Å². The zero-order chi connectivity index (χ0) is 28.3. The van der Waals surface area contributed by atoms with Crippen molar-refractivity contribution in [1.29, 1.82) is 0 Å². The smallest absolute Gasteiger partial charge is 0.443 e. The van der Waals surface area contributed by atoms with Crippen LogP contribution < -0.4 is 10.1 Å². The first kappa shape index (κ1) is 27.6. The largest absolute Gasteiger partial charge is 0.491 e. The van der Waals surface area contributed by atoms with Crippen LogP contribution in [-0.4, -0.2) is 64.8 Å². The minimum Gasteiger partial charge on any atom is -0.443 e. The molecule has 2 N–H and O–H groups in total. The number of benzene rings is 1. The van der Waals surface area contributed by atoms with Gasteiger partial charge in [-0.25, -0.2) is 9.18 Å². The third-order valence-corrected chi connectivity index (χ3v) is 6.06. The number of alkyl halides is 3. The van der Waals surface area contributed by atoms with Gasteiger partial charge in [0.2, 0.25) is 0 Å². The Hall–Kier alpha value is -4.42. The lowest BCUT2D eigenvalue weighted by Crippen LogP contribution is -2.46. The van der Waals surface area contributed by atoms with Crippen LogP contribution in [0.25, 0.3) is 22.5 Å². The molecule has 2 aromatic heterocycles. The van der Waals surface area contributed by atoms with Crippen LogP contribution in [0.15, 0.2) is 42.6 Å². The van der Waals surface area contributed by atoms with E-state index in [0.29, 0.717) is 41.0 Å². The Balaban J connectivity index is 1.59. The van der Waals surface area contributed by atoms with Crippen LogP contribution in [0.5, 0.6) is 5.75 Å². The molecule has 0 radical (unpaired) electrons. The number of H-pyrrole nitrogens is 1. The van der Waals surface area contributed by atoms with E-state index in [4.69, 9.17) is 4.74 Å². The quantitative estimate of drug-likeness (QED) is 0.251. The average molecular weight is 548 g/mol. The third-order valence-electron chi connectivity index (χ3n) is 6.06. The molecule has 39 heavy (non-hydrogen) atoms. The summed E-state index contributed by atoms with van der Waals surface area (Å²) in [6.07, 6.45) is -5.58. The number of nitrogens with one attached hydrogen (secondary N) is 2. The van der Waals surface area contributed by atoms with E-state index in [1.54, 1.807) is 32.0 Å². The monoisotopic (exact) mass is 548 g/mol. The van der Waals surface area contributed by atoms with E-state index in [1.165, 1.54) is 12.3 Å². The van der Waals surface area contributed by atoms with E-state index in [1.807, 2.05) is 0 Å². The van der Waals surface area contributed by atoms with Crippen LogP contribution in [0.4, 0.5) is 17.6 Å². The Morgan fingerprint density at radius 2 is 1.85 bits per heavy atom. The Labute approximate surface area is 220 Å². The number of aromatic amines is 1. The molecule has 0 saturated carbocycles. The highest BCUT2D eigenvalue weighted by Gasteiger charge is 2.44. The van der Waals surface area contributed by atoms with Gasteiger partial charge in [-0.05, 0) is 50.2 Å². The number of carbonyl (C=O) groups excluding carboxylic acids is 3. The molecule has 13 heteroatoms. The summed E-state index contributed by atoms with van der Waals surface area (Å²) in [6.45, 7) is 3.85. The van der Waals surface area contributed by atoms with Crippen molar-refractivity contribution >= 4 is 17.8 Å². The average Bonchev–Trinajstić information content (AvgIpc) is 3.35. The Bertz CT molecular complexity index is 1400. The van der Waals surface area contributed by atoms with Gasteiger partial charge in [0.25, 0.3) is 5.91 Å². The predicted octanol–water partition coefficient (Wildman–Crippen LogP) is 3.85. The topological polar surface area (TPSA) is 114 Å². The van der Waals surface area contributed by atoms with E-state index < -0.39 is 35.9 Å². The van der Waals surface area contributed by atoms with Crippen molar-refractivity contribution in [2.24, 2.45) is 0 Å². The van der Waals surface area contributed by atoms with Crippen molar-refractivity contribution < 1.29 is 41.4 Å². The van der Waals surface area contributed by atoms with E-state index in [0.717, 1.165) is 22.7 Å². The van der Waals surface area contributed by atoms with Gasteiger partial charge in [0.1, 0.15) is 0 Å². The summed E-state index contributed by atoms with van der Waals surface area (Å²) in [5.41, 5.74) is 3.36. The first-order valence-electron chi connectivity index (χ1n) is 12.0. The molecule has 3 aromatic rings. The van der Waals surface area contributed by atoms with Gasteiger partial charge in [-0.1, -0.05) is 0 Å². The second-order valence-electron chi connectivity index (χ2n) is 8.52. The number of nitrogens with zero attached hydrogens (tertiary/aromatic N) is 2. The number of pyridine rings is 1. The maximum absolute atomic E-state index is 15.0. The molecule has 0 aliphatic carbocycles. The summed E-state index contributed by atoms with van der Waals surface area (Å²) < 4.78 is 62.7. The molecule has 2 amide bonds. The summed E-state index contributed by atoms with van der Waals surface area (Å²) in [4.78, 5) is 44.7. The first-order chi connectivity index (χ1) is 18.5. The third kappa shape index (κ3) is 6.02. The molecule has 1 aliphatic heterocycles. The lowest BCUT2D eigenvalue weighted by atomic mass is 10.1. The standard InChI is InChI=1S/C26H24F4N4O5/c1-3-34(4-2)23(36)24(39-25(37)26(28,29)30)38-21-6-5-14(11-17(21)27)19-12-15(7-9-31-19)20-13-16-18(33-20)8-10-32-22(16)35/h5-7,9,11-13,24,33H,3-4,8,10H2,1-2H3,(H,32,35). The molecule has 0 saturated heterocycles. The highest BCUT2D eigenvalue weighted by molar-refractivity contribution is 5.97. The SMILES string of the molecule is CCN(CC)C(=O)C(OC(=O)C(F)(F)F)Oc1ccc(-c2cc(-c3cc4c([nH]3)CCNC4=O)ccn2)cc1F. The van der Waals surface area contributed by atoms with E-state index in [2.05, 4.69) is 20.0 Å². The second kappa shape index (κ2) is 11.1. The van der Waals surface area contributed by atoms with Crippen LogP contribution in [0, 0.1) is 5.82 Å². The molecule has 206 valence electrons. The number of hydrogen-bond acceptors (Lipinski definition) is 6. The van der Waals surface area contributed by atoms with Crippen molar-refractivity contribution in [2.75, 3.05) is 19.6 Å². The molecule has 1 aliphatic rings. The Kier molecular flexibility index (Phi) is 7.88. The number of carbonyl (C=O) groups is 3. The molecule has 0 bridgehead atoms. The normalized spacial score (nSPS) is 13.7. The Morgan fingerprint density at radius 3 is 2.49 bits per heavy atom. The molecule has 1 atom stereocenters. The number of esters is 1. The number of fused-ring (bicyclic) bond motifs is 1. The van der Waals surface area contributed by atoms with E-state index in [9.17, 15) is 27.6 Å². The Morgan fingerprint density at radius 1 is 1.10 bits per heavy atom. The van der Waals surface area contributed by atoms with Crippen molar-refractivity contribution in [3.63, 3.8) is 0 Å². The zero-order valence-electron chi connectivity index (χ0n) is 20.9. The summed E-state index contributed by atoms with van der Waals surface area (Å²) in [7, 11) is 0. The van der Waals surface area contributed by atoms with Gasteiger partial charge in [-0.3, -0.25) is 14.6 Å². The van der Waals surface area contributed by atoms with Crippen LogP contribution in [0.2, 0.25) is 0 Å². The minimum atomic E-state index is -5.38. The maximum atomic E-state index is 15.0. The van der Waals surface area contributed by atoms with Gasteiger partial charge in [0, 0.05) is 54.8 Å². The number of hydrogen-bond donors (Lipinski definition) is 2. The fourth-order valence-electron chi connectivity index (χ4n) is 4.05. The number of amides is 2. The summed E-state index contributed by atoms with van der Waals surface area (Å²) in [5, 5.41) is 2.77. The summed E-state index contributed by atoms with van der Waals surface area (Å²) >= 11 is 0. The highest BCUT2D eigenvalue weighted by atomic mass is 19.4. The number of rotatable bonds is 8. The molecule has 1 unspecified atom stereocenters. The van der Waals surface area contributed by atoms with Gasteiger partial charge < -0.3 is 24.7 Å². The summed E-state index contributed by atoms with van der Waals surface area (Å²) in [6, 6.07) is 8.62. The van der Waals surface area contributed by atoms with Gasteiger partial charge >= 0.3 is 24.3 Å². The predicted molar refractivity (Wildman–Crippen MR) is 130 cm³/mol. The number of likely N-dealkylation sites (N-methyl/N-ethyl adjacent to an activating group) is 1. The molecule has 9 nitrogen and oxygen atoms in total. The van der Waals surface area contributed by atoms with Crippen LogP contribution in [0.1, 0.15) is 29.9 Å². The molecular formula is C26H24F4N4O5. The van der Waals surface area contributed by atoms with Gasteiger partial charge in [0.15, 0.2) is 11.6 Å². The van der Waals surface area contributed by atoms with Crippen LogP contribution >= 0.6 is 0 Å². The van der Waals surface area contributed by atoms with Crippen molar-refractivity contribution in [2.45, 2.75) is 32.7 Å². The minimum absolute atomic E-state index is 0.0939. The molecule has 3 heterocycles. The van der Waals surface area contributed by atoms with Crippen LogP contribution in [0.3, 0.4) is 0 Å². The number of aromatic nitrogens is 2. The molecule has 0 fully saturated rings. The number of halogens is 4. The van der Waals surface area contributed by atoms with Gasteiger partial charge in [0.05, 0.1) is 11.3 Å². The summed E-state index contributed by atoms with van der Waals surface area (Å²) in [5.74, 6) is -5.51. The van der Waals surface area contributed by atoms with Crippen molar-refractivity contribution in [3.8, 4) is 28.3 Å². The lowest BCUT2D eigenvalue weighted by molar-refractivity contribution is -0.218. The fourth-order valence-corrected chi connectivity index (χ4v) is 4.05. The molecule has 1 aromatic carbocycles. The van der Waals surface area contributed by atoms with Gasteiger partial charge in [-0.2, -0.15) is 13.2 Å². The maximum Gasteiger partial charge on any atom is 0.491 e. The molecule has 0 spiro atoms. The molecular weight excluding hydrogens is 524 g/mol. The zero-order valence-corrected chi connectivity index (χ0v) is 20.9. The van der Waals surface area contributed by atoms with Gasteiger partial charge in [-0.15, -0.1) is 0 Å². The molecule has 4 rings (SSSR count). The second-order valence-corrected chi connectivity index (χ2v) is 8.52. The number of ether oxygens (including phenoxy) is 2. The fraction of sp³-hybridized carbons (Fsp3) is 0.308. The van der Waals surface area contributed by atoms with Crippen molar-refractivity contribution in [3.05, 3.63) is 59.7 Å². The van der Waals surface area contributed by atoms with E-state index >= 15 is 4.39 Å². The highest BCUT2D eigenvalue weighted by Crippen LogP contribution is 2.30. The van der Waals surface area contributed by atoms with Crippen molar-refractivity contribution in [1.82, 2.24) is 20.2 Å². The van der Waals surface area contributed by atoms with Crippen LogP contribution in [-0.2, 0) is 20.7 Å². The first-order valence-corrected chi connectivity index (χ1v) is 12.0. The lowest BCUT2D eigenvalue weighted by Gasteiger charge is -2.25.